The first kappa shape index (κ1) is 15.1. The van der Waals surface area contributed by atoms with Crippen molar-refractivity contribution in [3.63, 3.8) is 0 Å². The lowest BCUT2D eigenvalue weighted by atomic mass is 9.88. The molecule has 0 aliphatic carbocycles. The van der Waals surface area contributed by atoms with Crippen molar-refractivity contribution in [2.45, 2.75) is 53.1 Å². The summed E-state index contributed by atoms with van der Waals surface area (Å²) in [5.74, 6) is 0. The van der Waals surface area contributed by atoms with Crippen LogP contribution in [0.4, 0.5) is 5.69 Å². The summed E-state index contributed by atoms with van der Waals surface area (Å²) in [7, 11) is 0. The molecule has 0 atom stereocenters. The van der Waals surface area contributed by atoms with Crippen LogP contribution in [0.3, 0.4) is 0 Å². The van der Waals surface area contributed by atoms with E-state index in [9.17, 15) is 0 Å². The predicted octanol–water partition coefficient (Wildman–Crippen LogP) is 4.21. The van der Waals surface area contributed by atoms with Crippen molar-refractivity contribution in [1.29, 1.82) is 0 Å². The fourth-order valence-corrected chi connectivity index (χ4v) is 3.23. The van der Waals surface area contributed by atoms with Gasteiger partial charge in [0.25, 0.3) is 0 Å². The summed E-state index contributed by atoms with van der Waals surface area (Å²) in [5.41, 5.74) is 5.64. The van der Waals surface area contributed by atoms with Gasteiger partial charge in [0.15, 0.2) is 0 Å². The molecule has 110 valence electrons. The van der Waals surface area contributed by atoms with Crippen LogP contribution in [0.2, 0.25) is 0 Å². The molecule has 0 saturated carbocycles. The standard InChI is InChI=1S/C18H28N2/c1-6-10-19-13-15-8-9-17-16(11-15)14(3)12-18(4,5)20(17)7-2/h8-9,11-12,19H,6-7,10,13H2,1-5H3. The molecule has 1 N–H and O–H groups in total. The van der Waals surface area contributed by atoms with Crippen LogP contribution in [-0.2, 0) is 6.54 Å². The Balaban J connectivity index is 2.32. The van der Waals surface area contributed by atoms with Crippen molar-refractivity contribution in [3.8, 4) is 0 Å². The Bertz CT molecular complexity index is 500. The Kier molecular flexibility index (Phi) is 4.54. The van der Waals surface area contributed by atoms with Gasteiger partial charge in [-0.3, -0.25) is 0 Å². The zero-order valence-electron chi connectivity index (χ0n) is 13.6. The summed E-state index contributed by atoms with van der Waals surface area (Å²) in [6, 6.07) is 6.90. The summed E-state index contributed by atoms with van der Waals surface area (Å²) in [5, 5.41) is 3.48. The molecule has 2 nitrogen and oxygen atoms in total. The van der Waals surface area contributed by atoms with Gasteiger partial charge >= 0.3 is 0 Å². The highest BCUT2D eigenvalue weighted by atomic mass is 15.2. The molecule has 0 radical (unpaired) electrons. The van der Waals surface area contributed by atoms with Gasteiger partial charge in [-0.05, 0) is 63.9 Å². The SMILES string of the molecule is CCCNCc1ccc2c(c1)C(C)=CC(C)(C)N2CC. The largest absolute Gasteiger partial charge is 0.363 e. The number of benzene rings is 1. The molecule has 1 aromatic carbocycles. The number of allylic oxidation sites excluding steroid dienone is 1. The van der Waals surface area contributed by atoms with Gasteiger partial charge in [-0.15, -0.1) is 0 Å². The van der Waals surface area contributed by atoms with Crippen molar-refractivity contribution in [3.05, 3.63) is 35.4 Å². The van der Waals surface area contributed by atoms with Gasteiger partial charge in [0.2, 0.25) is 0 Å². The van der Waals surface area contributed by atoms with E-state index in [0.717, 1.165) is 19.6 Å². The van der Waals surface area contributed by atoms with Gasteiger partial charge in [-0.25, -0.2) is 0 Å². The van der Waals surface area contributed by atoms with Crippen molar-refractivity contribution < 1.29 is 0 Å². The third-order valence-electron chi connectivity index (χ3n) is 4.11. The number of rotatable bonds is 5. The molecule has 1 aliphatic rings. The normalized spacial score (nSPS) is 16.9. The molecule has 1 aromatic rings. The van der Waals surface area contributed by atoms with Crippen LogP contribution in [0.1, 0.15) is 52.2 Å². The zero-order valence-corrected chi connectivity index (χ0v) is 13.6. The van der Waals surface area contributed by atoms with Gasteiger partial charge in [0.05, 0.1) is 5.54 Å². The summed E-state index contributed by atoms with van der Waals surface area (Å²) >= 11 is 0. The second-order valence-electron chi connectivity index (χ2n) is 6.25. The number of fused-ring (bicyclic) bond motifs is 1. The minimum absolute atomic E-state index is 0.105. The molecule has 0 amide bonds. The molecule has 0 spiro atoms. The second-order valence-corrected chi connectivity index (χ2v) is 6.25. The Labute approximate surface area is 123 Å². The van der Waals surface area contributed by atoms with E-state index in [2.05, 4.69) is 69.1 Å². The van der Waals surface area contributed by atoms with E-state index in [-0.39, 0.29) is 5.54 Å². The molecule has 0 unspecified atom stereocenters. The van der Waals surface area contributed by atoms with Crippen LogP contribution in [0.15, 0.2) is 24.3 Å². The number of nitrogens with zero attached hydrogens (tertiary/aromatic N) is 1. The minimum atomic E-state index is 0.105. The molecule has 20 heavy (non-hydrogen) atoms. The van der Waals surface area contributed by atoms with Gasteiger partial charge in [0.1, 0.15) is 0 Å². The fourth-order valence-electron chi connectivity index (χ4n) is 3.23. The van der Waals surface area contributed by atoms with Crippen LogP contribution < -0.4 is 10.2 Å². The molecule has 2 heteroatoms. The molecular weight excluding hydrogens is 244 g/mol. The topological polar surface area (TPSA) is 15.3 Å². The fraction of sp³-hybridized carbons (Fsp3) is 0.556. The van der Waals surface area contributed by atoms with E-state index in [1.807, 2.05) is 0 Å². The molecule has 0 bridgehead atoms. The number of nitrogens with one attached hydrogen (secondary N) is 1. The first-order valence-corrected chi connectivity index (χ1v) is 7.80. The molecule has 0 fully saturated rings. The van der Waals surface area contributed by atoms with Gasteiger partial charge in [0, 0.05) is 24.3 Å². The van der Waals surface area contributed by atoms with Crippen molar-refractivity contribution in [1.82, 2.24) is 5.32 Å². The second kappa shape index (κ2) is 6.01. The van der Waals surface area contributed by atoms with Gasteiger partial charge in [-0.2, -0.15) is 0 Å². The summed E-state index contributed by atoms with van der Waals surface area (Å²) in [6.07, 6.45) is 3.57. The monoisotopic (exact) mass is 272 g/mol. The Morgan fingerprint density at radius 1 is 1.20 bits per heavy atom. The maximum Gasteiger partial charge on any atom is 0.0534 e. The van der Waals surface area contributed by atoms with Crippen LogP contribution in [0.25, 0.3) is 5.57 Å². The third-order valence-corrected chi connectivity index (χ3v) is 4.11. The first-order chi connectivity index (χ1) is 9.49. The van der Waals surface area contributed by atoms with E-state index < -0.39 is 0 Å². The zero-order chi connectivity index (χ0) is 14.8. The molecule has 1 aliphatic heterocycles. The van der Waals surface area contributed by atoms with Gasteiger partial charge < -0.3 is 10.2 Å². The highest BCUT2D eigenvalue weighted by Crippen LogP contribution is 2.38. The van der Waals surface area contributed by atoms with E-state index in [4.69, 9.17) is 0 Å². The third kappa shape index (κ3) is 2.90. The number of hydrogen-bond donors (Lipinski definition) is 1. The average molecular weight is 272 g/mol. The van der Waals surface area contributed by atoms with Crippen LogP contribution in [-0.4, -0.2) is 18.6 Å². The van der Waals surface area contributed by atoms with E-state index in [1.165, 1.54) is 28.8 Å². The van der Waals surface area contributed by atoms with Crippen LogP contribution >= 0.6 is 0 Å². The highest BCUT2D eigenvalue weighted by molar-refractivity contribution is 5.81. The van der Waals surface area contributed by atoms with E-state index in [0.29, 0.717) is 0 Å². The Morgan fingerprint density at radius 2 is 1.95 bits per heavy atom. The Morgan fingerprint density at radius 3 is 2.60 bits per heavy atom. The lowest BCUT2D eigenvalue weighted by Gasteiger charge is -2.43. The smallest absolute Gasteiger partial charge is 0.0534 e. The van der Waals surface area contributed by atoms with Crippen molar-refractivity contribution in [2.75, 3.05) is 18.0 Å². The van der Waals surface area contributed by atoms with E-state index >= 15 is 0 Å². The Hall–Kier alpha value is -1.28. The molecule has 1 heterocycles. The minimum Gasteiger partial charge on any atom is -0.363 e. The quantitative estimate of drug-likeness (QED) is 0.808. The first-order valence-electron chi connectivity index (χ1n) is 7.80. The van der Waals surface area contributed by atoms with Crippen molar-refractivity contribution in [2.24, 2.45) is 0 Å². The predicted molar refractivity (Wildman–Crippen MR) is 89.2 cm³/mol. The average Bonchev–Trinajstić information content (AvgIpc) is 2.39. The van der Waals surface area contributed by atoms with Crippen LogP contribution in [0, 0.1) is 0 Å². The lowest BCUT2D eigenvalue weighted by Crippen LogP contribution is -2.44. The van der Waals surface area contributed by atoms with Gasteiger partial charge in [-0.1, -0.05) is 19.1 Å². The summed E-state index contributed by atoms with van der Waals surface area (Å²) < 4.78 is 0. The van der Waals surface area contributed by atoms with Crippen molar-refractivity contribution >= 4 is 11.3 Å². The van der Waals surface area contributed by atoms with Crippen LogP contribution in [0.5, 0.6) is 0 Å². The number of anilines is 1. The maximum absolute atomic E-state index is 3.48. The van der Waals surface area contributed by atoms with E-state index in [1.54, 1.807) is 0 Å². The molecule has 0 saturated heterocycles. The number of likely N-dealkylation sites (N-methyl/N-ethyl adjacent to an activating group) is 1. The summed E-state index contributed by atoms with van der Waals surface area (Å²) in [6.45, 7) is 14.3. The highest BCUT2D eigenvalue weighted by Gasteiger charge is 2.29. The lowest BCUT2D eigenvalue weighted by molar-refractivity contribution is 0.566. The maximum atomic E-state index is 3.48. The molecule has 0 aromatic heterocycles. The number of hydrogen-bond acceptors (Lipinski definition) is 2. The molecular formula is C18H28N2. The summed E-state index contributed by atoms with van der Waals surface area (Å²) in [4.78, 5) is 2.48. The molecule has 2 rings (SSSR count).